The Bertz CT molecular complexity index is 308. The number of fused-ring (bicyclic) bond motifs is 2. The summed E-state index contributed by atoms with van der Waals surface area (Å²) in [6.07, 6.45) is 7.25. The van der Waals surface area contributed by atoms with Crippen LogP contribution in [-0.2, 0) is 0 Å². The number of hydrogen-bond acceptors (Lipinski definition) is 2. The fraction of sp³-hybridized carbons (Fsp3) is 1.00. The van der Waals surface area contributed by atoms with Crippen LogP contribution in [0.2, 0.25) is 0 Å². The van der Waals surface area contributed by atoms with E-state index in [0.29, 0.717) is 12.5 Å². The van der Waals surface area contributed by atoms with Crippen molar-refractivity contribution in [1.82, 2.24) is 0 Å². The van der Waals surface area contributed by atoms with E-state index < -0.39 is 5.60 Å². The molecule has 3 fully saturated rings. The predicted octanol–water partition coefficient (Wildman–Crippen LogP) is 2.55. The van der Waals surface area contributed by atoms with Gasteiger partial charge in [0.1, 0.15) is 0 Å². The summed E-state index contributed by atoms with van der Waals surface area (Å²) in [6.45, 7) is 5.26. The molecular formula is C15H27NO. The maximum atomic E-state index is 11.0. The van der Waals surface area contributed by atoms with Gasteiger partial charge in [0.15, 0.2) is 0 Å². The Morgan fingerprint density at radius 2 is 1.94 bits per heavy atom. The minimum Gasteiger partial charge on any atom is -0.389 e. The van der Waals surface area contributed by atoms with Gasteiger partial charge in [-0.1, -0.05) is 20.3 Å². The van der Waals surface area contributed by atoms with Crippen LogP contribution >= 0.6 is 0 Å². The van der Waals surface area contributed by atoms with Gasteiger partial charge in [0.25, 0.3) is 0 Å². The Kier molecular flexibility index (Phi) is 2.61. The molecule has 2 bridgehead atoms. The molecule has 3 rings (SSSR count). The van der Waals surface area contributed by atoms with Crippen LogP contribution in [0, 0.1) is 29.1 Å². The van der Waals surface area contributed by atoms with E-state index in [4.69, 9.17) is 5.73 Å². The van der Waals surface area contributed by atoms with Crippen molar-refractivity contribution >= 4 is 0 Å². The first kappa shape index (κ1) is 12.0. The molecule has 3 atom stereocenters. The van der Waals surface area contributed by atoms with E-state index in [1.54, 1.807) is 0 Å². The minimum absolute atomic E-state index is 0.0846. The zero-order valence-electron chi connectivity index (χ0n) is 11.3. The van der Waals surface area contributed by atoms with Crippen LogP contribution in [0.5, 0.6) is 0 Å². The maximum absolute atomic E-state index is 11.0. The molecule has 0 aliphatic heterocycles. The molecule has 2 nitrogen and oxygen atoms in total. The summed E-state index contributed by atoms with van der Waals surface area (Å²) < 4.78 is 0. The van der Waals surface area contributed by atoms with Crippen molar-refractivity contribution in [3.05, 3.63) is 0 Å². The van der Waals surface area contributed by atoms with E-state index in [9.17, 15) is 5.11 Å². The van der Waals surface area contributed by atoms with Crippen LogP contribution in [0.4, 0.5) is 0 Å². The zero-order chi connectivity index (χ0) is 12.3. The van der Waals surface area contributed by atoms with Crippen LogP contribution in [-0.4, -0.2) is 17.3 Å². The largest absolute Gasteiger partial charge is 0.389 e. The van der Waals surface area contributed by atoms with Crippen LogP contribution in [0.25, 0.3) is 0 Å². The van der Waals surface area contributed by atoms with E-state index in [2.05, 4.69) is 13.8 Å². The Labute approximate surface area is 105 Å². The Morgan fingerprint density at radius 1 is 1.24 bits per heavy atom. The van der Waals surface area contributed by atoms with E-state index in [1.165, 1.54) is 25.7 Å². The van der Waals surface area contributed by atoms with Crippen LogP contribution < -0.4 is 5.73 Å². The molecular weight excluding hydrogens is 210 g/mol. The van der Waals surface area contributed by atoms with Crippen molar-refractivity contribution < 1.29 is 5.11 Å². The first-order valence-corrected chi connectivity index (χ1v) is 7.43. The lowest BCUT2D eigenvalue weighted by Gasteiger charge is -2.58. The van der Waals surface area contributed by atoms with Gasteiger partial charge in [0, 0.05) is 12.0 Å². The third-order valence-corrected chi connectivity index (χ3v) is 6.41. The molecule has 0 amide bonds. The fourth-order valence-corrected chi connectivity index (χ4v) is 5.14. The van der Waals surface area contributed by atoms with Crippen LogP contribution in [0.3, 0.4) is 0 Å². The summed E-state index contributed by atoms with van der Waals surface area (Å²) in [5.41, 5.74) is 5.78. The molecule has 17 heavy (non-hydrogen) atoms. The molecule has 3 aliphatic carbocycles. The van der Waals surface area contributed by atoms with Crippen molar-refractivity contribution in [3.63, 3.8) is 0 Å². The monoisotopic (exact) mass is 237 g/mol. The van der Waals surface area contributed by atoms with Crippen molar-refractivity contribution in [2.45, 2.75) is 58.0 Å². The van der Waals surface area contributed by atoms with Gasteiger partial charge in [-0.15, -0.1) is 0 Å². The third-order valence-electron chi connectivity index (χ3n) is 6.41. The standard InChI is InChI=1S/C15H27NO/c1-10(2)12-7-15(17,8-12)14(9-16)6-11-3-4-13(14)5-11/h10-13,17H,3-9,16H2,1-2H3. The molecule has 0 aromatic heterocycles. The average molecular weight is 237 g/mol. The molecule has 0 saturated heterocycles. The number of rotatable bonds is 3. The first-order valence-electron chi connectivity index (χ1n) is 7.43. The summed E-state index contributed by atoms with van der Waals surface area (Å²) in [5.74, 6) is 3.02. The van der Waals surface area contributed by atoms with Gasteiger partial charge in [-0.2, -0.15) is 0 Å². The summed E-state index contributed by atoms with van der Waals surface area (Å²) in [7, 11) is 0. The van der Waals surface area contributed by atoms with Gasteiger partial charge in [-0.3, -0.25) is 0 Å². The van der Waals surface area contributed by atoms with Gasteiger partial charge in [0.05, 0.1) is 5.60 Å². The van der Waals surface area contributed by atoms with Crippen molar-refractivity contribution in [3.8, 4) is 0 Å². The fourth-order valence-electron chi connectivity index (χ4n) is 5.14. The second-order valence-corrected chi connectivity index (χ2v) is 7.38. The number of aliphatic hydroxyl groups is 1. The Hall–Kier alpha value is -0.0800. The molecule has 98 valence electrons. The second-order valence-electron chi connectivity index (χ2n) is 7.38. The van der Waals surface area contributed by atoms with Gasteiger partial charge in [0.2, 0.25) is 0 Å². The quantitative estimate of drug-likeness (QED) is 0.792. The van der Waals surface area contributed by atoms with Gasteiger partial charge >= 0.3 is 0 Å². The molecule has 2 heteroatoms. The van der Waals surface area contributed by atoms with Crippen molar-refractivity contribution in [2.75, 3.05) is 6.54 Å². The Balaban J connectivity index is 1.79. The van der Waals surface area contributed by atoms with E-state index in [1.807, 2.05) is 0 Å². The maximum Gasteiger partial charge on any atom is 0.0724 e. The SMILES string of the molecule is CC(C)C1CC(O)(C2(CN)CC3CCC2C3)C1. The minimum atomic E-state index is -0.420. The van der Waals surface area contributed by atoms with E-state index >= 15 is 0 Å². The lowest BCUT2D eigenvalue weighted by molar-refractivity contribution is -0.191. The van der Waals surface area contributed by atoms with Crippen LogP contribution in [0.15, 0.2) is 0 Å². The number of hydrogen-bond donors (Lipinski definition) is 2. The molecule has 3 aliphatic rings. The topological polar surface area (TPSA) is 46.2 Å². The average Bonchev–Trinajstić information content (AvgIpc) is 2.84. The predicted molar refractivity (Wildman–Crippen MR) is 69.4 cm³/mol. The van der Waals surface area contributed by atoms with Crippen molar-refractivity contribution in [2.24, 2.45) is 34.8 Å². The third kappa shape index (κ3) is 1.46. The molecule has 0 aromatic rings. The Morgan fingerprint density at radius 3 is 2.35 bits per heavy atom. The lowest BCUT2D eigenvalue weighted by Crippen LogP contribution is -2.62. The smallest absolute Gasteiger partial charge is 0.0724 e. The van der Waals surface area contributed by atoms with Crippen LogP contribution in [0.1, 0.15) is 52.4 Å². The van der Waals surface area contributed by atoms with Gasteiger partial charge in [-0.05, 0) is 55.8 Å². The molecule has 3 saturated carbocycles. The number of nitrogens with two attached hydrogens (primary N) is 1. The van der Waals surface area contributed by atoms with Crippen molar-refractivity contribution in [1.29, 1.82) is 0 Å². The van der Waals surface area contributed by atoms with E-state index in [0.717, 1.165) is 30.6 Å². The second kappa shape index (κ2) is 3.71. The summed E-state index contributed by atoms with van der Waals surface area (Å²) in [6, 6.07) is 0. The molecule has 3 unspecified atom stereocenters. The highest BCUT2D eigenvalue weighted by Crippen LogP contribution is 2.65. The van der Waals surface area contributed by atoms with Gasteiger partial charge < -0.3 is 10.8 Å². The summed E-state index contributed by atoms with van der Waals surface area (Å²) in [4.78, 5) is 0. The first-order chi connectivity index (χ1) is 8.01. The normalized spacial score (nSPS) is 53.1. The van der Waals surface area contributed by atoms with E-state index in [-0.39, 0.29) is 5.41 Å². The summed E-state index contributed by atoms with van der Waals surface area (Å²) in [5, 5.41) is 11.0. The highest BCUT2D eigenvalue weighted by molar-refractivity contribution is 5.15. The summed E-state index contributed by atoms with van der Waals surface area (Å²) >= 11 is 0. The molecule has 0 heterocycles. The highest BCUT2D eigenvalue weighted by Gasteiger charge is 2.64. The molecule has 0 spiro atoms. The van der Waals surface area contributed by atoms with Gasteiger partial charge in [-0.25, -0.2) is 0 Å². The zero-order valence-corrected chi connectivity index (χ0v) is 11.3. The molecule has 0 radical (unpaired) electrons. The molecule has 0 aromatic carbocycles. The lowest BCUT2D eigenvalue weighted by atomic mass is 9.50. The highest BCUT2D eigenvalue weighted by atomic mass is 16.3. The molecule has 3 N–H and O–H groups in total.